The average molecular weight is 301 g/mol. The van der Waals surface area contributed by atoms with Crippen LogP contribution in [0.4, 0.5) is 0 Å². The maximum Gasteiger partial charge on any atom is 0.244 e. The molecular formula is C14H27N3O2S. The molecule has 0 amide bonds. The van der Waals surface area contributed by atoms with Gasteiger partial charge >= 0.3 is 0 Å². The van der Waals surface area contributed by atoms with E-state index >= 15 is 0 Å². The molecule has 0 unspecified atom stereocenters. The molecule has 0 aliphatic carbocycles. The van der Waals surface area contributed by atoms with E-state index in [-0.39, 0.29) is 6.04 Å². The van der Waals surface area contributed by atoms with Gasteiger partial charge in [0.15, 0.2) is 0 Å². The van der Waals surface area contributed by atoms with Crippen molar-refractivity contribution < 1.29 is 8.42 Å². The van der Waals surface area contributed by atoms with E-state index in [9.17, 15) is 8.42 Å². The van der Waals surface area contributed by atoms with Gasteiger partial charge in [0, 0.05) is 38.1 Å². The third-order valence-corrected chi connectivity index (χ3v) is 5.38. The van der Waals surface area contributed by atoms with Gasteiger partial charge in [-0.25, -0.2) is 8.42 Å². The maximum absolute atomic E-state index is 12.5. The molecule has 0 spiro atoms. The summed E-state index contributed by atoms with van der Waals surface area (Å²) in [4.78, 5) is 0.384. The van der Waals surface area contributed by atoms with Gasteiger partial charge in [0.25, 0.3) is 0 Å². The van der Waals surface area contributed by atoms with E-state index in [0.29, 0.717) is 11.4 Å². The largest absolute Gasteiger partial charge is 0.349 e. The topological polar surface area (TPSA) is 54.3 Å². The van der Waals surface area contributed by atoms with E-state index in [2.05, 4.69) is 12.2 Å². The van der Waals surface area contributed by atoms with Crippen molar-refractivity contribution in [2.45, 2.75) is 58.1 Å². The monoisotopic (exact) mass is 301 g/mol. The van der Waals surface area contributed by atoms with Gasteiger partial charge < -0.3 is 9.88 Å². The van der Waals surface area contributed by atoms with Crippen LogP contribution in [0.15, 0.2) is 17.2 Å². The van der Waals surface area contributed by atoms with Crippen LogP contribution < -0.4 is 5.32 Å². The first kappa shape index (κ1) is 17.2. The molecule has 0 saturated heterocycles. The fraction of sp³-hybridized carbons (Fsp3) is 0.714. The smallest absolute Gasteiger partial charge is 0.244 e. The Morgan fingerprint density at radius 1 is 1.35 bits per heavy atom. The molecule has 20 heavy (non-hydrogen) atoms. The van der Waals surface area contributed by atoms with Crippen LogP contribution in [0.3, 0.4) is 0 Å². The van der Waals surface area contributed by atoms with Gasteiger partial charge in [-0.05, 0) is 32.9 Å². The number of hydrogen-bond donors (Lipinski definition) is 1. The number of sulfonamides is 1. The molecule has 1 heterocycles. The van der Waals surface area contributed by atoms with Crippen LogP contribution >= 0.6 is 0 Å². The molecule has 5 nitrogen and oxygen atoms in total. The zero-order valence-electron chi connectivity index (χ0n) is 13.2. The first-order valence-electron chi connectivity index (χ1n) is 7.22. The molecule has 1 rings (SSSR count). The number of hydrogen-bond acceptors (Lipinski definition) is 3. The average Bonchev–Trinajstić information content (AvgIpc) is 2.79. The summed E-state index contributed by atoms with van der Waals surface area (Å²) in [7, 11) is -1.77. The van der Waals surface area contributed by atoms with Crippen molar-refractivity contribution in [3.63, 3.8) is 0 Å². The Kier molecular flexibility index (Phi) is 6.23. The second-order valence-electron chi connectivity index (χ2n) is 5.26. The lowest BCUT2D eigenvalue weighted by Gasteiger charge is -2.19. The van der Waals surface area contributed by atoms with Crippen molar-refractivity contribution in [1.82, 2.24) is 14.2 Å². The van der Waals surface area contributed by atoms with Crippen molar-refractivity contribution in [3.8, 4) is 0 Å². The summed E-state index contributed by atoms with van der Waals surface area (Å²) in [5.41, 5.74) is 1.02. The minimum absolute atomic E-state index is 0.0493. The van der Waals surface area contributed by atoms with Gasteiger partial charge in [0.1, 0.15) is 4.90 Å². The molecule has 1 N–H and O–H groups in total. The van der Waals surface area contributed by atoms with Crippen molar-refractivity contribution in [2.24, 2.45) is 0 Å². The molecule has 0 bridgehead atoms. The second kappa shape index (κ2) is 7.24. The van der Waals surface area contributed by atoms with Crippen molar-refractivity contribution in [3.05, 3.63) is 18.0 Å². The summed E-state index contributed by atoms with van der Waals surface area (Å²) in [6, 6.07) is 1.73. The summed E-state index contributed by atoms with van der Waals surface area (Å²) in [6.45, 7) is 10.3. The Balaban J connectivity index is 3.12. The highest BCUT2D eigenvalue weighted by atomic mass is 32.2. The third-order valence-electron chi connectivity index (χ3n) is 3.39. The second-order valence-corrected chi connectivity index (χ2v) is 7.25. The number of aromatic nitrogens is 1. The normalized spacial score (nSPS) is 12.6. The van der Waals surface area contributed by atoms with E-state index in [1.54, 1.807) is 19.3 Å². The molecule has 116 valence electrons. The summed E-state index contributed by atoms with van der Waals surface area (Å²) >= 11 is 0. The molecule has 0 saturated carbocycles. The molecule has 0 aliphatic rings. The molecular weight excluding hydrogens is 274 g/mol. The standard InChI is InChI=1S/C14H27N3O2S/c1-6-8-17-11-14(9-13(17)10-15-7-2)20(18,19)16(5)12(3)4/h9,11-12,15H,6-8,10H2,1-5H3. The fourth-order valence-corrected chi connectivity index (χ4v) is 3.39. The first-order valence-corrected chi connectivity index (χ1v) is 8.66. The van der Waals surface area contributed by atoms with Crippen molar-refractivity contribution >= 4 is 10.0 Å². The van der Waals surface area contributed by atoms with Crippen LogP contribution in [-0.4, -0.2) is 36.9 Å². The van der Waals surface area contributed by atoms with Gasteiger partial charge in [-0.15, -0.1) is 0 Å². The highest BCUT2D eigenvalue weighted by Gasteiger charge is 2.25. The highest BCUT2D eigenvalue weighted by Crippen LogP contribution is 2.20. The number of nitrogens with one attached hydrogen (secondary N) is 1. The van der Waals surface area contributed by atoms with Gasteiger partial charge in [0.05, 0.1) is 0 Å². The van der Waals surface area contributed by atoms with Crippen LogP contribution in [0, 0.1) is 0 Å². The highest BCUT2D eigenvalue weighted by molar-refractivity contribution is 7.89. The Morgan fingerprint density at radius 2 is 2.00 bits per heavy atom. The van der Waals surface area contributed by atoms with E-state index in [1.807, 2.05) is 25.3 Å². The van der Waals surface area contributed by atoms with Gasteiger partial charge in [0.2, 0.25) is 10.0 Å². The molecule has 0 aromatic carbocycles. The maximum atomic E-state index is 12.5. The lowest BCUT2D eigenvalue weighted by Crippen LogP contribution is -2.32. The zero-order chi connectivity index (χ0) is 15.3. The number of nitrogens with zero attached hydrogens (tertiary/aromatic N) is 2. The van der Waals surface area contributed by atoms with Gasteiger partial charge in [-0.3, -0.25) is 0 Å². The Bertz CT molecular complexity index is 521. The third kappa shape index (κ3) is 3.84. The lowest BCUT2D eigenvalue weighted by molar-refractivity contribution is 0.410. The van der Waals surface area contributed by atoms with E-state index in [1.165, 1.54) is 4.31 Å². The Hall–Kier alpha value is -0.850. The molecule has 1 aromatic heterocycles. The lowest BCUT2D eigenvalue weighted by atomic mass is 10.4. The minimum Gasteiger partial charge on any atom is -0.349 e. The zero-order valence-corrected chi connectivity index (χ0v) is 14.0. The van der Waals surface area contributed by atoms with Crippen LogP contribution in [0.5, 0.6) is 0 Å². The predicted molar refractivity (Wildman–Crippen MR) is 82.2 cm³/mol. The molecule has 6 heteroatoms. The van der Waals surface area contributed by atoms with Crippen LogP contribution in [0.25, 0.3) is 0 Å². The first-order chi connectivity index (χ1) is 9.34. The van der Waals surface area contributed by atoms with E-state index < -0.39 is 10.0 Å². The van der Waals surface area contributed by atoms with E-state index in [0.717, 1.165) is 25.2 Å². The van der Waals surface area contributed by atoms with Crippen LogP contribution in [0.2, 0.25) is 0 Å². The van der Waals surface area contributed by atoms with Gasteiger partial charge in [-0.1, -0.05) is 13.8 Å². The molecule has 0 atom stereocenters. The SMILES string of the molecule is CCCn1cc(S(=O)(=O)N(C)C(C)C)cc1CNCC. The molecule has 0 radical (unpaired) electrons. The molecule has 0 fully saturated rings. The minimum atomic E-state index is -3.40. The Morgan fingerprint density at radius 3 is 2.50 bits per heavy atom. The van der Waals surface area contributed by atoms with Crippen molar-refractivity contribution in [2.75, 3.05) is 13.6 Å². The van der Waals surface area contributed by atoms with Crippen molar-refractivity contribution in [1.29, 1.82) is 0 Å². The fourth-order valence-electron chi connectivity index (χ4n) is 1.96. The van der Waals surface area contributed by atoms with Crippen LogP contribution in [-0.2, 0) is 23.1 Å². The predicted octanol–water partition coefficient (Wildman–Crippen LogP) is 2.04. The number of rotatable bonds is 8. The quantitative estimate of drug-likeness (QED) is 0.799. The molecule has 1 aromatic rings. The summed E-state index contributed by atoms with van der Waals surface area (Å²) < 4.78 is 28.5. The number of aryl methyl sites for hydroxylation is 1. The Labute approximate surface area is 123 Å². The van der Waals surface area contributed by atoms with Gasteiger partial charge in [-0.2, -0.15) is 4.31 Å². The summed E-state index contributed by atoms with van der Waals surface area (Å²) in [6.07, 6.45) is 2.73. The molecule has 0 aliphatic heterocycles. The van der Waals surface area contributed by atoms with Crippen LogP contribution in [0.1, 0.15) is 39.8 Å². The summed E-state index contributed by atoms with van der Waals surface area (Å²) in [5.74, 6) is 0. The summed E-state index contributed by atoms with van der Waals surface area (Å²) in [5, 5.41) is 3.25. The van der Waals surface area contributed by atoms with E-state index in [4.69, 9.17) is 0 Å².